The molecule has 7 nitrogen and oxygen atoms in total. The number of methoxy groups -OCH3 is 1. The van der Waals surface area contributed by atoms with E-state index in [0.717, 1.165) is 29.5 Å². The lowest BCUT2D eigenvalue weighted by Gasteiger charge is -2.35. The number of benzene rings is 2. The first kappa shape index (κ1) is 18.2. The van der Waals surface area contributed by atoms with E-state index in [-0.39, 0.29) is 17.6 Å². The number of nitro groups is 1. The number of nitrogens with zero attached hydrogens (tertiary/aromatic N) is 2. The summed E-state index contributed by atoms with van der Waals surface area (Å²) in [7, 11) is 1.36. The Morgan fingerprint density at radius 3 is 2.36 bits per heavy atom. The van der Waals surface area contributed by atoms with Crippen molar-refractivity contribution in [2.75, 3.05) is 7.11 Å². The Balaban J connectivity index is 1.67. The number of ether oxygens (including phenoxy) is 1. The zero-order chi connectivity index (χ0) is 19.9. The molecule has 1 aliphatic heterocycles. The van der Waals surface area contributed by atoms with Gasteiger partial charge in [-0.15, -0.1) is 0 Å². The van der Waals surface area contributed by atoms with Crippen molar-refractivity contribution in [1.82, 2.24) is 4.90 Å². The first-order chi connectivity index (χ1) is 13.5. The third-order valence-corrected chi connectivity index (χ3v) is 5.84. The summed E-state index contributed by atoms with van der Waals surface area (Å²) >= 11 is 0. The van der Waals surface area contributed by atoms with Gasteiger partial charge in [0.25, 0.3) is 11.6 Å². The van der Waals surface area contributed by atoms with E-state index < -0.39 is 10.5 Å². The maximum Gasteiger partial charge on any atom is 0.331 e. The van der Waals surface area contributed by atoms with E-state index in [4.69, 9.17) is 4.74 Å². The molecular weight excluding hydrogens is 360 g/mol. The average Bonchev–Trinajstić information content (AvgIpc) is 3.33. The number of amides is 1. The van der Waals surface area contributed by atoms with Crippen LogP contribution in [0.3, 0.4) is 0 Å². The Labute approximate surface area is 162 Å². The minimum atomic E-state index is -0.877. The molecule has 0 unspecified atom stereocenters. The molecule has 0 radical (unpaired) electrons. The highest BCUT2D eigenvalue weighted by atomic mass is 16.6. The summed E-state index contributed by atoms with van der Waals surface area (Å²) < 4.78 is 5.03. The van der Waals surface area contributed by atoms with Crippen LogP contribution in [0.5, 0.6) is 0 Å². The van der Waals surface area contributed by atoms with Gasteiger partial charge in [0.2, 0.25) is 0 Å². The second-order valence-electron chi connectivity index (χ2n) is 7.30. The Morgan fingerprint density at radius 1 is 1.11 bits per heavy atom. The zero-order valence-corrected chi connectivity index (χ0v) is 15.5. The zero-order valence-electron chi connectivity index (χ0n) is 15.5. The van der Waals surface area contributed by atoms with Crippen LogP contribution >= 0.6 is 0 Å². The smallest absolute Gasteiger partial charge is 0.331 e. The molecule has 1 amide bonds. The number of hydrogen-bond acceptors (Lipinski definition) is 5. The summed E-state index contributed by atoms with van der Waals surface area (Å²) in [6.07, 6.45) is 3.02. The standard InChI is InChI=1S/C21H20N2O5/c1-28-20(25)21(10-2-3-11-21)22-13-16-5-4-15(12-18(16)19(22)24)14-6-8-17(9-7-14)23(26)27/h4-9,12H,2-3,10-11,13H2,1H3. The Bertz CT molecular complexity index is 961. The molecule has 1 heterocycles. The van der Waals surface area contributed by atoms with E-state index >= 15 is 0 Å². The number of rotatable bonds is 4. The highest BCUT2D eigenvalue weighted by molar-refractivity contribution is 6.02. The first-order valence-corrected chi connectivity index (χ1v) is 9.24. The lowest BCUT2D eigenvalue weighted by Crippen LogP contribution is -2.53. The van der Waals surface area contributed by atoms with E-state index in [1.165, 1.54) is 19.2 Å². The van der Waals surface area contributed by atoms with Crippen molar-refractivity contribution >= 4 is 17.6 Å². The van der Waals surface area contributed by atoms with Crippen molar-refractivity contribution in [2.24, 2.45) is 0 Å². The van der Waals surface area contributed by atoms with Crippen LogP contribution in [0, 0.1) is 10.1 Å². The van der Waals surface area contributed by atoms with Gasteiger partial charge in [-0.25, -0.2) is 4.79 Å². The minimum absolute atomic E-state index is 0.0217. The molecule has 1 fully saturated rings. The molecule has 0 spiro atoms. The largest absolute Gasteiger partial charge is 0.467 e. The SMILES string of the molecule is COC(=O)C1(N2Cc3ccc(-c4ccc([N+](=O)[O-])cc4)cc3C2=O)CCCC1. The predicted molar refractivity (Wildman–Crippen MR) is 102 cm³/mol. The monoisotopic (exact) mass is 380 g/mol. The van der Waals surface area contributed by atoms with E-state index in [9.17, 15) is 19.7 Å². The van der Waals surface area contributed by atoms with E-state index in [1.54, 1.807) is 23.1 Å². The van der Waals surface area contributed by atoms with Crippen molar-refractivity contribution in [1.29, 1.82) is 0 Å². The molecule has 2 aromatic rings. The van der Waals surface area contributed by atoms with Gasteiger partial charge in [0.1, 0.15) is 5.54 Å². The molecular formula is C21H20N2O5. The molecule has 28 heavy (non-hydrogen) atoms. The fourth-order valence-electron chi connectivity index (χ4n) is 4.34. The Morgan fingerprint density at radius 2 is 1.75 bits per heavy atom. The predicted octanol–water partition coefficient (Wildman–Crippen LogP) is 3.70. The molecule has 1 aliphatic carbocycles. The molecule has 2 aliphatic rings. The summed E-state index contributed by atoms with van der Waals surface area (Å²) in [4.78, 5) is 37.7. The number of non-ortho nitro benzene ring substituents is 1. The summed E-state index contributed by atoms with van der Waals surface area (Å²) in [6, 6.07) is 11.8. The van der Waals surface area contributed by atoms with Crippen LogP contribution < -0.4 is 0 Å². The van der Waals surface area contributed by atoms with Gasteiger partial charge in [-0.05, 0) is 47.7 Å². The fourth-order valence-corrected chi connectivity index (χ4v) is 4.34. The molecule has 4 rings (SSSR count). The topological polar surface area (TPSA) is 89.8 Å². The molecule has 1 saturated carbocycles. The fraction of sp³-hybridized carbons (Fsp3) is 0.333. The maximum absolute atomic E-state index is 13.2. The van der Waals surface area contributed by atoms with Crippen LogP contribution in [0.2, 0.25) is 0 Å². The van der Waals surface area contributed by atoms with E-state index in [1.807, 2.05) is 12.1 Å². The number of esters is 1. The summed E-state index contributed by atoms with van der Waals surface area (Å²) in [5, 5.41) is 10.8. The second kappa shape index (κ2) is 6.74. The average molecular weight is 380 g/mol. The Hall–Kier alpha value is -3.22. The lowest BCUT2D eigenvalue weighted by atomic mass is 9.95. The highest BCUT2D eigenvalue weighted by Crippen LogP contribution is 2.41. The van der Waals surface area contributed by atoms with Crippen molar-refractivity contribution < 1.29 is 19.2 Å². The molecule has 0 atom stereocenters. The molecule has 2 aromatic carbocycles. The van der Waals surface area contributed by atoms with Gasteiger partial charge in [-0.1, -0.05) is 25.0 Å². The van der Waals surface area contributed by atoms with Gasteiger partial charge in [0.15, 0.2) is 0 Å². The number of fused-ring (bicyclic) bond motifs is 1. The van der Waals surface area contributed by atoms with Crippen molar-refractivity contribution in [2.45, 2.75) is 37.8 Å². The van der Waals surface area contributed by atoms with Crippen molar-refractivity contribution in [3.8, 4) is 11.1 Å². The quantitative estimate of drug-likeness (QED) is 0.458. The second-order valence-corrected chi connectivity index (χ2v) is 7.30. The molecule has 0 saturated heterocycles. The Kier molecular flexibility index (Phi) is 4.37. The van der Waals surface area contributed by atoms with Crippen LogP contribution in [-0.2, 0) is 16.1 Å². The molecule has 0 aromatic heterocycles. The lowest BCUT2D eigenvalue weighted by molar-refractivity contribution is -0.384. The number of hydrogen-bond donors (Lipinski definition) is 0. The maximum atomic E-state index is 13.2. The summed E-state index contributed by atoms with van der Waals surface area (Å²) in [6.45, 7) is 0.393. The summed E-state index contributed by atoms with van der Waals surface area (Å²) in [5.74, 6) is -0.507. The van der Waals surface area contributed by atoms with Gasteiger partial charge in [-0.3, -0.25) is 14.9 Å². The van der Waals surface area contributed by atoms with E-state index in [2.05, 4.69) is 0 Å². The van der Waals surface area contributed by atoms with E-state index in [0.29, 0.717) is 24.9 Å². The van der Waals surface area contributed by atoms with Crippen molar-refractivity contribution in [3.63, 3.8) is 0 Å². The summed E-state index contributed by atoms with van der Waals surface area (Å²) in [5.41, 5.74) is 2.20. The van der Waals surface area contributed by atoms with Crippen LogP contribution in [-0.4, -0.2) is 34.3 Å². The molecule has 7 heteroatoms. The van der Waals surface area contributed by atoms with Crippen LogP contribution in [0.4, 0.5) is 5.69 Å². The normalized spacial score (nSPS) is 17.5. The van der Waals surface area contributed by atoms with Crippen LogP contribution in [0.25, 0.3) is 11.1 Å². The van der Waals surface area contributed by atoms with Crippen LogP contribution in [0.1, 0.15) is 41.6 Å². The third-order valence-electron chi connectivity index (χ3n) is 5.84. The molecule has 0 bridgehead atoms. The van der Waals surface area contributed by atoms with Crippen molar-refractivity contribution in [3.05, 3.63) is 63.7 Å². The van der Waals surface area contributed by atoms with Gasteiger partial charge in [-0.2, -0.15) is 0 Å². The number of nitro benzene ring substituents is 1. The first-order valence-electron chi connectivity index (χ1n) is 9.24. The van der Waals surface area contributed by atoms with Crippen LogP contribution in [0.15, 0.2) is 42.5 Å². The molecule has 144 valence electrons. The third kappa shape index (κ3) is 2.74. The van der Waals surface area contributed by atoms with Gasteiger partial charge >= 0.3 is 5.97 Å². The van der Waals surface area contributed by atoms with Gasteiger partial charge in [0.05, 0.1) is 12.0 Å². The number of carbonyl (C=O) groups excluding carboxylic acids is 2. The number of carbonyl (C=O) groups is 2. The van der Waals surface area contributed by atoms with Gasteiger partial charge < -0.3 is 9.64 Å². The molecule has 0 N–H and O–H groups in total. The highest BCUT2D eigenvalue weighted by Gasteiger charge is 2.51. The minimum Gasteiger partial charge on any atom is -0.467 e. The van der Waals surface area contributed by atoms with Gasteiger partial charge in [0, 0.05) is 24.2 Å².